The molecule has 0 radical (unpaired) electrons. The second kappa shape index (κ2) is 8.27. The predicted octanol–water partition coefficient (Wildman–Crippen LogP) is 2.23. The molecule has 0 spiro atoms. The molecule has 27 heavy (non-hydrogen) atoms. The maximum atomic E-state index is 12.3. The zero-order valence-corrected chi connectivity index (χ0v) is 14.9. The van der Waals surface area contributed by atoms with E-state index in [1.165, 1.54) is 5.01 Å². The number of nitrogens with one attached hydrogen (secondary N) is 2. The van der Waals surface area contributed by atoms with Crippen molar-refractivity contribution < 1.29 is 14.4 Å². The van der Waals surface area contributed by atoms with Crippen LogP contribution in [0, 0.1) is 6.92 Å². The zero-order chi connectivity index (χ0) is 19.2. The van der Waals surface area contributed by atoms with Crippen LogP contribution in [-0.4, -0.2) is 30.0 Å². The quantitative estimate of drug-likeness (QED) is 0.852. The molecule has 3 rings (SSSR count). The van der Waals surface area contributed by atoms with E-state index in [9.17, 15) is 14.4 Å². The van der Waals surface area contributed by atoms with E-state index in [2.05, 4.69) is 15.7 Å². The molecule has 0 bridgehead atoms. The topological polar surface area (TPSA) is 90.9 Å². The number of aryl methyl sites for hydroxylation is 1. The molecular weight excluding hydrogens is 344 g/mol. The van der Waals surface area contributed by atoms with Crippen molar-refractivity contribution in [2.24, 2.45) is 5.10 Å². The average molecular weight is 364 g/mol. The molecular formula is C20H20N4O3. The first kappa shape index (κ1) is 18.3. The molecule has 0 unspecified atom stereocenters. The maximum Gasteiger partial charge on any atom is 0.267 e. The summed E-state index contributed by atoms with van der Waals surface area (Å²) in [5.74, 6) is -0.958. The summed E-state index contributed by atoms with van der Waals surface area (Å²) in [6.07, 6.45) is 0.434. The standard InChI is InChI=1S/C20H20N4O3/c1-14-6-5-9-16(12-14)24-19(26)11-10-17(23-24)20(27)21-13-18(25)22-15-7-3-2-4-8-15/h2-9,12H,10-11,13H2,1H3,(H,21,27)(H,22,25). The lowest BCUT2D eigenvalue weighted by Gasteiger charge is -2.23. The van der Waals surface area contributed by atoms with Crippen molar-refractivity contribution in [2.75, 3.05) is 16.9 Å². The number of carbonyl (C=O) groups excluding carboxylic acids is 3. The predicted molar refractivity (Wildman–Crippen MR) is 103 cm³/mol. The molecule has 3 amide bonds. The number of hydrogen-bond donors (Lipinski definition) is 2. The number of nitrogens with zero attached hydrogens (tertiary/aromatic N) is 2. The molecule has 2 aromatic rings. The van der Waals surface area contributed by atoms with Crippen LogP contribution in [0.5, 0.6) is 0 Å². The van der Waals surface area contributed by atoms with Crippen LogP contribution in [0.1, 0.15) is 18.4 Å². The second-order valence-electron chi connectivity index (χ2n) is 6.19. The number of hydrazone groups is 1. The van der Waals surface area contributed by atoms with E-state index in [0.717, 1.165) is 5.56 Å². The number of carbonyl (C=O) groups is 3. The number of anilines is 2. The molecule has 0 atom stereocenters. The van der Waals surface area contributed by atoms with Gasteiger partial charge in [-0.05, 0) is 36.8 Å². The smallest absolute Gasteiger partial charge is 0.267 e. The Kier molecular flexibility index (Phi) is 5.61. The summed E-state index contributed by atoms with van der Waals surface area (Å²) in [5, 5.41) is 10.7. The van der Waals surface area contributed by atoms with E-state index < -0.39 is 5.91 Å². The first-order chi connectivity index (χ1) is 13.0. The third kappa shape index (κ3) is 4.78. The van der Waals surface area contributed by atoms with Gasteiger partial charge in [-0.2, -0.15) is 5.10 Å². The minimum Gasteiger partial charge on any atom is -0.342 e. The normalized spacial score (nSPS) is 13.7. The summed E-state index contributed by atoms with van der Waals surface area (Å²) < 4.78 is 0. The van der Waals surface area contributed by atoms with Crippen molar-refractivity contribution in [1.82, 2.24) is 5.32 Å². The molecule has 1 aliphatic heterocycles. The SMILES string of the molecule is Cc1cccc(N2N=C(C(=O)NCC(=O)Nc3ccccc3)CCC2=O)c1. The Morgan fingerprint density at radius 3 is 2.59 bits per heavy atom. The molecule has 0 aromatic heterocycles. The van der Waals surface area contributed by atoms with Crippen LogP contribution >= 0.6 is 0 Å². The van der Waals surface area contributed by atoms with Gasteiger partial charge in [-0.3, -0.25) is 14.4 Å². The number of hydrogen-bond acceptors (Lipinski definition) is 4. The van der Waals surface area contributed by atoms with Crippen molar-refractivity contribution in [3.8, 4) is 0 Å². The Hall–Kier alpha value is -3.48. The summed E-state index contributed by atoms with van der Waals surface area (Å²) in [6, 6.07) is 16.3. The van der Waals surface area contributed by atoms with E-state index in [4.69, 9.17) is 0 Å². The van der Waals surface area contributed by atoms with E-state index in [0.29, 0.717) is 11.4 Å². The number of benzene rings is 2. The molecule has 0 saturated heterocycles. The van der Waals surface area contributed by atoms with E-state index in [1.807, 2.05) is 43.3 Å². The van der Waals surface area contributed by atoms with Gasteiger partial charge in [-0.15, -0.1) is 0 Å². The average Bonchev–Trinajstić information content (AvgIpc) is 2.67. The summed E-state index contributed by atoms with van der Waals surface area (Å²) in [4.78, 5) is 36.5. The summed E-state index contributed by atoms with van der Waals surface area (Å²) in [7, 11) is 0. The van der Waals surface area contributed by atoms with Crippen LogP contribution in [0.3, 0.4) is 0 Å². The third-order valence-electron chi connectivity index (χ3n) is 4.01. The van der Waals surface area contributed by atoms with Crippen molar-refractivity contribution in [3.63, 3.8) is 0 Å². The summed E-state index contributed by atoms with van der Waals surface area (Å²) in [6.45, 7) is 1.74. The highest BCUT2D eigenvalue weighted by atomic mass is 16.2. The van der Waals surface area contributed by atoms with Crippen LogP contribution in [0.2, 0.25) is 0 Å². The lowest BCUT2D eigenvalue weighted by molar-refractivity contribution is -0.120. The van der Waals surface area contributed by atoms with Gasteiger partial charge in [0.15, 0.2) is 0 Å². The van der Waals surface area contributed by atoms with Crippen molar-refractivity contribution in [1.29, 1.82) is 0 Å². The van der Waals surface area contributed by atoms with Gasteiger partial charge in [-0.1, -0.05) is 30.3 Å². The van der Waals surface area contributed by atoms with Gasteiger partial charge in [0.25, 0.3) is 5.91 Å². The number of para-hydroxylation sites is 1. The third-order valence-corrected chi connectivity index (χ3v) is 4.01. The minimum atomic E-state index is -0.455. The van der Waals surface area contributed by atoms with Crippen LogP contribution in [0.25, 0.3) is 0 Å². The lowest BCUT2D eigenvalue weighted by atomic mass is 10.1. The molecule has 2 N–H and O–H groups in total. The molecule has 138 valence electrons. The van der Waals surface area contributed by atoms with Gasteiger partial charge >= 0.3 is 0 Å². The molecule has 7 nitrogen and oxygen atoms in total. The van der Waals surface area contributed by atoms with E-state index >= 15 is 0 Å². The van der Waals surface area contributed by atoms with Crippen molar-refractivity contribution in [2.45, 2.75) is 19.8 Å². The highest BCUT2D eigenvalue weighted by Gasteiger charge is 2.25. The van der Waals surface area contributed by atoms with Gasteiger partial charge < -0.3 is 10.6 Å². The molecule has 0 fully saturated rings. The molecule has 1 heterocycles. The fraction of sp³-hybridized carbons (Fsp3) is 0.200. The van der Waals surface area contributed by atoms with Crippen molar-refractivity contribution >= 4 is 34.8 Å². The largest absolute Gasteiger partial charge is 0.342 e. The van der Waals surface area contributed by atoms with Crippen LogP contribution in [-0.2, 0) is 14.4 Å². The van der Waals surface area contributed by atoms with Gasteiger partial charge in [0.1, 0.15) is 5.71 Å². The van der Waals surface area contributed by atoms with Gasteiger partial charge in [0, 0.05) is 18.5 Å². The number of amides is 3. The molecule has 7 heteroatoms. The molecule has 0 aliphatic carbocycles. The Morgan fingerprint density at radius 2 is 1.85 bits per heavy atom. The van der Waals surface area contributed by atoms with Crippen molar-refractivity contribution in [3.05, 3.63) is 60.2 Å². The Bertz CT molecular complexity index is 893. The highest BCUT2D eigenvalue weighted by Crippen LogP contribution is 2.21. The fourth-order valence-electron chi connectivity index (χ4n) is 2.67. The highest BCUT2D eigenvalue weighted by molar-refractivity contribution is 6.40. The maximum absolute atomic E-state index is 12.3. The number of rotatable bonds is 5. The lowest BCUT2D eigenvalue weighted by Crippen LogP contribution is -2.41. The van der Waals surface area contributed by atoms with Crippen LogP contribution in [0.15, 0.2) is 59.7 Å². The van der Waals surface area contributed by atoms with Crippen LogP contribution < -0.4 is 15.6 Å². The van der Waals surface area contributed by atoms with E-state index in [1.54, 1.807) is 18.2 Å². The monoisotopic (exact) mass is 364 g/mol. The first-order valence-corrected chi connectivity index (χ1v) is 8.63. The second-order valence-corrected chi connectivity index (χ2v) is 6.19. The fourth-order valence-corrected chi connectivity index (χ4v) is 2.67. The van der Waals surface area contributed by atoms with E-state index in [-0.39, 0.29) is 36.9 Å². The van der Waals surface area contributed by atoms with Crippen LogP contribution in [0.4, 0.5) is 11.4 Å². The van der Waals surface area contributed by atoms with Gasteiger partial charge in [-0.25, -0.2) is 5.01 Å². The molecule has 2 aromatic carbocycles. The summed E-state index contributed by atoms with van der Waals surface area (Å²) in [5.41, 5.74) is 2.49. The Morgan fingerprint density at radius 1 is 1.07 bits per heavy atom. The Balaban J connectivity index is 1.62. The zero-order valence-electron chi connectivity index (χ0n) is 14.9. The minimum absolute atomic E-state index is 0.168. The van der Waals surface area contributed by atoms with Gasteiger partial charge in [0.05, 0.1) is 12.2 Å². The van der Waals surface area contributed by atoms with Gasteiger partial charge in [0.2, 0.25) is 11.8 Å². The molecule has 1 aliphatic rings. The summed E-state index contributed by atoms with van der Waals surface area (Å²) >= 11 is 0. The Labute approximate surface area is 157 Å². The first-order valence-electron chi connectivity index (χ1n) is 8.63. The molecule has 0 saturated carbocycles.